The molecule has 0 spiro atoms. The van der Waals surface area contributed by atoms with Gasteiger partial charge in [-0.15, -0.1) is 0 Å². The standard InChI is InChI=1S/C26H33N3O4/c1-19(31)26-27-14-15-29(26)23(17-30)11-6-20-4-7-21(8-5-20)22-9-12-25(13-10-22)33-18-24(32)16-28(2)3/h4-15,19,23-24,30-32H,16-18H2,1-3H3/b11-6+/t19-,23-,24-/m0/s1. The van der Waals surface area contributed by atoms with E-state index in [1.807, 2.05) is 79.7 Å². The second kappa shape index (κ2) is 11.8. The first-order valence-electron chi connectivity index (χ1n) is 11.0. The predicted octanol–water partition coefficient (Wildman–Crippen LogP) is 3.15. The highest BCUT2D eigenvalue weighted by atomic mass is 16.5. The third kappa shape index (κ3) is 7.00. The van der Waals surface area contributed by atoms with Crippen LogP contribution in [0.1, 0.15) is 30.5 Å². The van der Waals surface area contributed by atoms with Gasteiger partial charge in [0, 0.05) is 18.9 Å². The Balaban J connectivity index is 1.62. The fourth-order valence-electron chi connectivity index (χ4n) is 3.59. The Kier molecular flexibility index (Phi) is 8.79. The van der Waals surface area contributed by atoms with Gasteiger partial charge in [-0.05, 0) is 49.8 Å². The molecule has 3 aromatic rings. The SMILES string of the molecule is C[C@H](O)c1nccn1[C@@H](/C=C/c1ccc(-c2ccc(OC[C@@H](O)CN(C)C)cc2)cc1)CO. The van der Waals surface area contributed by atoms with Crippen LogP contribution >= 0.6 is 0 Å². The molecule has 0 radical (unpaired) electrons. The molecule has 7 heteroatoms. The van der Waals surface area contributed by atoms with E-state index >= 15 is 0 Å². The summed E-state index contributed by atoms with van der Waals surface area (Å²) < 4.78 is 7.45. The van der Waals surface area contributed by atoms with Gasteiger partial charge in [-0.3, -0.25) is 0 Å². The maximum Gasteiger partial charge on any atom is 0.137 e. The molecule has 1 aromatic heterocycles. The minimum atomic E-state index is -0.707. The quantitative estimate of drug-likeness (QED) is 0.415. The summed E-state index contributed by atoms with van der Waals surface area (Å²) in [4.78, 5) is 6.09. The molecule has 176 valence electrons. The van der Waals surface area contributed by atoms with Crippen LogP contribution in [0.25, 0.3) is 17.2 Å². The lowest BCUT2D eigenvalue weighted by molar-refractivity contribution is 0.0831. The minimum Gasteiger partial charge on any atom is -0.491 e. The number of hydrogen-bond donors (Lipinski definition) is 3. The van der Waals surface area contributed by atoms with Crippen molar-refractivity contribution in [2.45, 2.75) is 25.2 Å². The lowest BCUT2D eigenvalue weighted by Crippen LogP contribution is -2.30. The molecule has 2 aromatic carbocycles. The number of likely N-dealkylation sites (N-methyl/N-ethyl adjacent to an activating group) is 1. The number of rotatable bonds is 11. The van der Waals surface area contributed by atoms with E-state index < -0.39 is 12.2 Å². The average molecular weight is 452 g/mol. The summed E-state index contributed by atoms with van der Waals surface area (Å²) >= 11 is 0. The van der Waals surface area contributed by atoms with Crippen LogP contribution in [0, 0.1) is 0 Å². The monoisotopic (exact) mass is 451 g/mol. The molecule has 3 N–H and O–H groups in total. The first-order valence-corrected chi connectivity index (χ1v) is 11.0. The molecule has 0 saturated heterocycles. The maximum absolute atomic E-state index is 9.92. The van der Waals surface area contributed by atoms with E-state index in [9.17, 15) is 15.3 Å². The van der Waals surface area contributed by atoms with Crippen LogP contribution < -0.4 is 4.74 Å². The van der Waals surface area contributed by atoms with Crippen LogP contribution in [-0.2, 0) is 0 Å². The van der Waals surface area contributed by atoms with E-state index in [1.54, 1.807) is 23.9 Å². The third-order valence-electron chi connectivity index (χ3n) is 5.24. The number of aliphatic hydroxyl groups is 3. The highest BCUT2D eigenvalue weighted by Crippen LogP contribution is 2.24. The van der Waals surface area contributed by atoms with Crippen molar-refractivity contribution in [3.05, 3.63) is 78.4 Å². The Labute approximate surface area is 195 Å². The van der Waals surface area contributed by atoms with E-state index in [2.05, 4.69) is 4.98 Å². The van der Waals surface area contributed by atoms with Crippen molar-refractivity contribution < 1.29 is 20.1 Å². The molecule has 0 unspecified atom stereocenters. The van der Waals surface area contributed by atoms with Crippen LogP contribution in [0.2, 0.25) is 0 Å². The summed E-state index contributed by atoms with van der Waals surface area (Å²) in [6, 6.07) is 15.6. The molecule has 0 aliphatic carbocycles. The molecular weight excluding hydrogens is 418 g/mol. The second-order valence-electron chi connectivity index (χ2n) is 8.35. The van der Waals surface area contributed by atoms with Crippen LogP contribution in [-0.4, -0.2) is 69.7 Å². The number of hydrogen-bond acceptors (Lipinski definition) is 6. The normalized spacial score (nSPS) is 14.5. The molecule has 0 aliphatic heterocycles. The fourth-order valence-corrected chi connectivity index (χ4v) is 3.59. The van der Waals surface area contributed by atoms with Gasteiger partial charge in [-0.2, -0.15) is 0 Å². The van der Waals surface area contributed by atoms with Gasteiger partial charge >= 0.3 is 0 Å². The number of ether oxygens (including phenoxy) is 1. The zero-order valence-corrected chi connectivity index (χ0v) is 19.4. The zero-order valence-electron chi connectivity index (χ0n) is 19.4. The van der Waals surface area contributed by atoms with E-state index in [0.717, 1.165) is 22.4 Å². The Morgan fingerprint density at radius 2 is 1.67 bits per heavy atom. The summed E-state index contributed by atoms with van der Waals surface area (Å²) in [5, 5.41) is 29.6. The Bertz CT molecular complexity index is 1010. The van der Waals surface area contributed by atoms with Gasteiger partial charge in [0.2, 0.25) is 0 Å². The fraction of sp³-hybridized carbons (Fsp3) is 0.346. The predicted molar refractivity (Wildman–Crippen MR) is 130 cm³/mol. The third-order valence-corrected chi connectivity index (χ3v) is 5.24. The maximum atomic E-state index is 9.92. The average Bonchev–Trinajstić information content (AvgIpc) is 3.29. The largest absolute Gasteiger partial charge is 0.491 e. The van der Waals surface area contributed by atoms with Crippen LogP contribution in [0.5, 0.6) is 5.75 Å². The molecule has 7 nitrogen and oxygen atoms in total. The molecule has 0 amide bonds. The highest BCUT2D eigenvalue weighted by molar-refractivity contribution is 5.66. The van der Waals surface area contributed by atoms with Gasteiger partial charge in [0.25, 0.3) is 0 Å². The van der Waals surface area contributed by atoms with Crippen molar-refractivity contribution in [3.63, 3.8) is 0 Å². The summed E-state index contributed by atoms with van der Waals surface area (Å²) in [6.45, 7) is 2.38. The van der Waals surface area contributed by atoms with Gasteiger partial charge in [0.15, 0.2) is 0 Å². The Hall–Kier alpha value is -2.97. The molecule has 0 fully saturated rings. The molecule has 3 atom stereocenters. The van der Waals surface area contributed by atoms with Gasteiger partial charge < -0.3 is 29.5 Å². The summed E-state index contributed by atoms with van der Waals surface area (Å²) in [6.07, 6.45) is 5.99. The van der Waals surface area contributed by atoms with E-state index in [1.165, 1.54) is 0 Å². The number of imidazole rings is 1. The van der Waals surface area contributed by atoms with Crippen molar-refractivity contribution in [3.8, 4) is 16.9 Å². The van der Waals surface area contributed by atoms with E-state index in [-0.39, 0.29) is 19.3 Å². The summed E-state index contributed by atoms with van der Waals surface area (Å²) in [5.41, 5.74) is 3.15. The number of aromatic nitrogens is 2. The van der Waals surface area contributed by atoms with Crippen LogP contribution in [0.3, 0.4) is 0 Å². The summed E-state index contributed by atoms with van der Waals surface area (Å²) in [7, 11) is 3.83. The van der Waals surface area contributed by atoms with Crippen molar-refractivity contribution in [2.75, 3.05) is 33.9 Å². The number of aliphatic hydroxyl groups excluding tert-OH is 3. The van der Waals surface area contributed by atoms with Crippen molar-refractivity contribution >= 4 is 6.08 Å². The lowest BCUT2D eigenvalue weighted by atomic mass is 10.0. The van der Waals surface area contributed by atoms with Gasteiger partial charge in [-0.25, -0.2) is 4.98 Å². The van der Waals surface area contributed by atoms with E-state index in [0.29, 0.717) is 12.4 Å². The van der Waals surface area contributed by atoms with Crippen LogP contribution in [0.4, 0.5) is 0 Å². The van der Waals surface area contributed by atoms with E-state index in [4.69, 9.17) is 4.74 Å². The highest BCUT2D eigenvalue weighted by Gasteiger charge is 2.14. The minimum absolute atomic E-state index is 0.0920. The lowest BCUT2D eigenvalue weighted by Gasteiger charge is -2.16. The first kappa shape index (κ1) is 24.7. The van der Waals surface area contributed by atoms with Crippen LogP contribution in [0.15, 0.2) is 67.0 Å². The Morgan fingerprint density at radius 3 is 2.24 bits per heavy atom. The molecular formula is C26H33N3O4. The molecule has 33 heavy (non-hydrogen) atoms. The number of nitrogens with zero attached hydrogens (tertiary/aromatic N) is 3. The van der Waals surface area contributed by atoms with Gasteiger partial charge in [-0.1, -0.05) is 48.6 Å². The zero-order chi connectivity index (χ0) is 23.8. The van der Waals surface area contributed by atoms with Crippen molar-refractivity contribution in [1.29, 1.82) is 0 Å². The van der Waals surface area contributed by atoms with Crippen molar-refractivity contribution in [1.82, 2.24) is 14.5 Å². The van der Waals surface area contributed by atoms with Gasteiger partial charge in [0.1, 0.15) is 30.4 Å². The molecule has 1 heterocycles. The molecule has 3 rings (SSSR count). The van der Waals surface area contributed by atoms with Gasteiger partial charge in [0.05, 0.1) is 12.6 Å². The number of benzene rings is 2. The van der Waals surface area contributed by atoms with Crippen molar-refractivity contribution in [2.24, 2.45) is 0 Å². The molecule has 0 aliphatic rings. The topological polar surface area (TPSA) is 91.0 Å². The smallest absolute Gasteiger partial charge is 0.137 e. The first-order chi connectivity index (χ1) is 15.9. The Morgan fingerprint density at radius 1 is 1.03 bits per heavy atom. The second-order valence-corrected chi connectivity index (χ2v) is 8.35. The molecule has 0 saturated carbocycles. The molecule has 0 bridgehead atoms. The summed E-state index contributed by atoms with van der Waals surface area (Å²) in [5.74, 6) is 1.25.